The molecule has 0 aliphatic carbocycles. The average Bonchev–Trinajstić information content (AvgIpc) is 3.16. The maximum atomic E-state index is 13.5. The van der Waals surface area contributed by atoms with Gasteiger partial charge in [0, 0.05) is 17.8 Å². The number of halogens is 1. The number of hydrogen-bond donors (Lipinski definition) is 1. The summed E-state index contributed by atoms with van der Waals surface area (Å²) in [5.41, 5.74) is 2.14. The minimum absolute atomic E-state index is 0.155. The lowest BCUT2D eigenvalue weighted by molar-refractivity contribution is -0.115. The first-order chi connectivity index (χ1) is 16.5. The monoisotopic (exact) mass is 486 g/mol. The molecule has 6 nitrogen and oxygen atoms in total. The summed E-state index contributed by atoms with van der Waals surface area (Å²) in [5.74, 6) is -0.564. The van der Waals surface area contributed by atoms with Crippen molar-refractivity contribution >= 4 is 40.5 Å². The molecule has 4 aromatic rings. The van der Waals surface area contributed by atoms with Gasteiger partial charge in [-0.3, -0.25) is 19.1 Å². The predicted molar refractivity (Wildman–Crippen MR) is 134 cm³/mol. The molecule has 0 fully saturated rings. The molecule has 0 spiro atoms. The molecule has 0 aliphatic rings. The number of benzene rings is 2. The van der Waals surface area contributed by atoms with E-state index in [9.17, 15) is 14.9 Å². The Morgan fingerprint density at radius 2 is 1.91 bits per heavy atom. The highest BCUT2D eigenvalue weighted by Crippen LogP contribution is 2.20. The van der Waals surface area contributed by atoms with Gasteiger partial charge in [0.2, 0.25) is 0 Å². The summed E-state index contributed by atoms with van der Waals surface area (Å²) < 4.78 is 1.95. The van der Waals surface area contributed by atoms with Crippen LogP contribution in [0.5, 0.6) is 0 Å². The number of pyridine rings is 1. The zero-order valence-corrected chi connectivity index (χ0v) is 19.7. The number of amides is 1. The standard InChI is InChI=1S/C26H19ClN4O2S/c1-17-21(27)11-7-12-22(17)31-25(33)23(14-19-10-5-6-13-29-19)34-26(31)20(15-28)24(32)30-16-18-8-3-2-4-9-18/h2-14H,16H2,1H3,(H,30,32)/b23-14+,26-20-. The second kappa shape index (κ2) is 10.3. The molecular weight excluding hydrogens is 468 g/mol. The fraction of sp³-hybridized carbons (Fsp3) is 0.0769. The maximum absolute atomic E-state index is 13.5. The van der Waals surface area contributed by atoms with Crippen LogP contribution in [0.4, 0.5) is 0 Å². The van der Waals surface area contributed by atoms with Crippen LogP contribution in [0.15, 0.2) is 77.7 Å². The number of carbonyl (C=O) groups excluding carboxylic acids is 1. The van der Waals surface area contributed by atoms with Crippen molar-refractivity contribution in [3.8, 4) is 11.8 Å². The van der Waals surface area contributed by atoms with Gasteiger partial charge in [-0.2, -0.15) is 5.26 Å². The van der Waals surface area contributed by atoms with Crippen LogP contribution in [0.1, 0.15) is 16.8 Å². The summed E-state index contributed by atoms with van der Waals surface area (Å²) in [6, 6.07) is 21.9. The zero-order valence-electron chi connectivity index (χ0n) is 18.2. The second-order valence-corrected chi connectivity index (χ2v) is 8.79. The molecule has 4 rings (SSSR count). The molecule has 0 saturated heterocycles. The molecule has 0 saturated carbocycles. The summed E-state index contributed by atoms with van der Waals surface area (Å²) >= 11 is 7.38. The Kier molecular flexibility index (Phi) is 7.02. The number of aromatic nitrogens is 2. The van der Waals surface area contributed by atoms with Gasteiger partial charge in [-0.1, -0.05) is 54.1 Å². The molecule has 34 heavy (non-hydrogen) atoms. The van der Waals surface area contributed by atoms with Crippen LogP contribution < -0.4 is 20.1 Å². The molecule has 0 bridgehead atoms. The molecule has 0 atom stereocenters. The SMILES string of the molecule is Cc1c(Cl)cccc1-n1c(=O)/c(=C\c2ccccn2)s/c1=C(/C#N)C(=O)NCc1ccccc1. The van der Waals surface area contributed by atoms with E-state index < -0.39 is 5.91 Å². The largest absolute Gasteiger partial charge is 0.347 e. The fourth-order valence-corrected chi connectivity index (χ4v) is 4.61. The van der Waals surface area contributed by atoms with Gasteiger partial charge in [0.25, 0.3) is 11.5 Å². The van der Waals surface area contributed by atoms with E-state index in [0.29, 0.717) is 26.5 Å². The number of hydrogen-bond acceptors (Lipinski definition) is 5. The lowest BCUT2D eigenvalue weighted by atomic mass is 10.2. The number of nitriles is 1. The third-order valence-electron chi connectivity index (χ3n) is 5.12. The van der Waals surface area contributed by atoms with Crippen molar-refractivity contribution in [2.75, 3.05) is 0 Å². The van der Waals surface area contributed by atoms with E-state index in [2.05, 4.69) is 10.3 Å². The smallest absolute Gasteiger partial charge is 0.273 e. The summed E-state index contributed by atoms with van der Waals surface area (Å²) in [5, 5.41) is 13.2. The van der Waals surface area contributed by atoms with Crippen LogP contribution in [-0.2, 0) is 11.3 Å². The molecule has 8 heteroatoms. The van der Waals surface area contributed by atoms with Crippen LogP contribution >= 0.6 is 22.9 Å². The minimum atomic E-state index is -0.564. The lowest BCUT2D eigenvalue weighted by Crippen LogP contribution is -2.34. The summed E-state index contributed by atoms with van der Waals surface area (Å²) in [4.78, 5) is 30.8. The normalized spacial score (nSPS) is 12.2. The Hall–Kier alpha value is -3.99. The lowest BCUT2D eigenvalue weighted by Gasteiger charge is -2.09. The summed E-state index contributed by atoms with van der Waals surface area (Å²) in [7, 11) is 0. The Morgan fingerprint density at radius 3 is 2.62 bits per heavy atom. The molecule has 0 aliphatic heterocycles. The van der Waals surface area contributed by atoms with Crippen LogP contribution in [0, 0.1) is 18.3 Å². The average molecular weight is 487 g/mol. The van der Waals surface area contributed by atoms with Crippen LogP contribution in [0.2, 0.25) is 5.02 Å². The summed E-state index contributed by atoms with van der Waals surface area (Å²) in [6.45, 7) is 2.04. The van der Waals surface area contributed by atoms with Gasteiger partial charge in [0.05, 0.1) is 15.9 Å². The van der Waals surface area contributed by atoms with Crippen molar-refractivity contribution in [3.05, 3.63) is 114 Å². The molecule has 168 valence electrons. The number of carbonyl (C=O) groups is 1. The molecule has 2 heterocycles. The Balaban J connectivity index is 1.93. The summed E-state index contributed by atoms with van der Waals surface area (Å²) in [6.07, 6.45) is 3.27. The van der Waals surface area contributed by atoms with E-state index in [1.54, 1.807) is 49.5 Å². The van der Waals surface area contributed by atoms with Gasteiger partial charge >= 0.3 is 0 Å². The van der Waals surface area contributed by atoms with E-state index in [1.807, 2.05) is 42.5 Å². The third-order valence-corrected chi connectivity index (χ3v) is 6.62. The second-order valence-electron chi connectivity index (χ2n) is 7.35. The molecule has 1 amide bonds. The third kappa shape index (κ3) is 4.84. The first kappa shape index (κ1) is 23.2. The Morgan fingerprint density at radius 1 is 1.15 bits per heavy atom. The Bertz CT molecular complexity index is 1570. The van der Waals surface area contributed by atoms with Gasteiger partial charge in [0.15, 0.2) is 5.57 Å². The van der Waals surface area contributed by atoms with Crippen LogP contribution in [0.25, 0.3) is 17.3 Å². The van der Waals surface area contributed by atoms with E-state index >= 15 is 0 Å². The van der Waals surface area contributed by atoms with Crippen molar-refractivity contribution < 1.29 is 4.79 Å². The predicted octanol–water partition coefficient (Wildman–Crippen LogP) is 3.08. The first-order valence-corrected chi connectivity index (χ1v) is 11.6. The first-order valence-electron chi connectivity index (χ1n) is 10.4. The highest BCUT2D eigenvalue weighted by atomic mass is 35.5. The van der Waals surface area contributed by atoms with Gasteiger partial charge in [0.1, 0.15) is 10.7 Å². The Labute approximate surface area is 204 Å². The number of thiazole rings is 1. The molecular formula is C26H19ClN4O2S. The zero-order chi connectivity index (χ0) is 24.1. The van der Waals surface area contributed by atoms with Crippen molar-refractivity contribution in [3.63, 3.8) is 0 Å². The highest BCUT2D eigenvalue weighted by Gasteiger charge is 2.18. The van der Waals surface area contributed by atoms with Crippen molar-refractivity contribution in [1.82, 2.24) is 14.9 Å². The van der Waals surface area contributed by atoms with Crippen LogP contribution in [-0.4, -0.2) is 15.5 Å². The van der Waals surface area contributed by atoms with Gasteiger partial charge in [-0.05, 0) is 48.4 Å². The molecule has 0 radical (unpaired) electrons. The molecule has 2 aromatic heterocycles. The molecule has 0 unspecified atom stereocenters. The fourth-order valence-electron chi connectivity index (χ4n) is 3.37. The minimum Gasteiger partial charge on any atom is -0.347 e. The van der Waals surface area contributed by atoms with E-state index in [4.69, 9.17) is 11.6 Å². The van der Waals surface area contributed by atoms with E-state index in [0.717, 1.165) is 16.9 Å². The molecule has 1 N–H and O–H groups in total. The van der Waals surface area contributed by atoms with Crippen molar-refractivity contribution in [1.29, 1.82) is 5.26 Å². The van der Waals surface area contributed by atoms with Gasteiger partial charge < -0.3 is 5.32 Å². The van der Waals surface area contributed by atoms with Crippen molar-refractivity contribution in [2.24, 2.45) is 0 Å². The van der Waals surface area contributed by atoms with E-state index in [1.165, 1.54) is 4.57 Å². The number of rotatable bonds is 5. The van der Waals surface area contributed by atoms with E-state index in [-0.39, 0.29) is 22.3 Å². The number of nitrogens with zero attached hydrogens (tertiary/aromatic N) is 3. The van der Waals surface area contributed by atoms with Crippen molar-refractivity contribution in [2.45, 2.75) is 13.5 Å². The topological polar surface area (TPSA) is 87.8 Å². The quantitative estimate of drug-likeness (QED) is 0.469. The maximum Gasteiger partial charge on any atom is 0.273 e. The van der Waals surface area contributed by atoms with Gasteiger partial charge in [-0.15, -0.1) is 11.3 Å². The van der Waals surface area contributed by atoms with Crippen LogP contribution in [0.3, 0.4) is 0 Å². The molecule has 2 aromatic carbocycles. The number of nitrogens with one attached hydrogen (secondary N) is 1. The van der Waals surface area contributed by atoms with Gasteiger partial charge in [-0.25, -0.2) is 0 Å². The highest BCUT2D eigenvalue weighted by molar-refractivity contribution is 7.07.